The number of hydrogen-bond donors (Lipinski definition) is 2. The van der Waals surface area contributed by atoms with Crippen molar-refractivity contribution in [3.8, 4) is 0 Å². The lowest BCUT2D eigenvalue weighted by atomic mass is 10.1. The van der Waals surface area contributed by atoms with Crippen molar-refractivity contribution < 1.29 is 9.90 Å². The molecule has 0 unspecified atom stereocenters. The summed E-state index contributed by atoms with van der Waals surface area (Å²) in [5.74, 6) is -0.138. The molecule has 0 radical (unpaired) electrons. The van der Waals surface area contributed by atoms with Gasteiger partial charge in [-0.25, -0.2) is 9.50 Å². The number of fused-ring (bicyclic) bond motifs is 2. The maximum atomic E-state index is 13.2. The molecule has 1 amide bonds. The molecule has 0 atom stereocenters. The molecule has 142 valence electrons. The first-order valence-electron chi connectivity index (χ1n) is 8.95. The Balaban J connectivity index is 1.71. The molecule has 0 bridgehead atoms. The van der Waals surface area contributed by atoms with E-state index in [2.05, 4.69) is 15.2 Å². The molecule has 9 nitrogen and oxygen atoms in total. The van der Waals surface area contributed by atoms with E-state index in [0.29, 0.717) is 42.0 Å². The van der Waals surface area contributed by atoms with Crippen molar-refractivity contribution in [2.45, 2.75) is 40.3 Å². The first-order valence-corrected chi connectivity index (χ1v) is 8.95. The van der Waals surface area contributed by atoms with E-state index in [1.807, 2.05) is 26.8 Å². The van der Waals surface area contributed by atoms with Crippen LogP contribution in [0.4, 0.5) is 0 Å². The highest BCUT2D eigenvalue weighted by Crippen LogP contribution is 2.22. The van der Waals surface area contributed by atoms with Crippen LogP contribution in [0.15, 0.2) is 10.9 Å². The number of hydrogen-bond acceptors (Lipinski definition) is 5. The molecule has 0 aliphatic carbocycles. The van der Waals surface area contributed by atoms with Crippen LogP contribution in [-0.4, -0.2) is 53.4 Å². The Bertz CT molecular complexity index is 1110. The van der Waals surface area contributed by atoms with Gasteiger partial charge in [0.1, 0.15) is 5.56 Å². The molecule has 0 spiro atoms. The summed E-state index contributed by atoms with van der Waals surface area (Å²) in [7, 11) is 0. The number of aromatic amines is 1. The molecule has 1 aliphatic heterocycles. The molecule has 27 heavy (non-hydrogen) atoms. The highest BCUT2D eigenvalue weighted by atomic mass is 16.3. The molecule has 9 heteroatoms. The van der Waals surface area contributed by atoms with Gasteiger partial charge in [-0.05, 0) is 33.3 Å². The van der Waals surface area contributed by atoms with Gasteiger partial charge in [-0.3, -0.25) is 19.4 Å². The van der Waals surface area contributed by atoms with Crippen LogP contribution in [0.5, 0.6) is 0 Å². The molecule has 0 saturated carbocycles. The smallest absolute Gasteiger partial charge is 0.270 e. The zero-order chi connectivity index (χ0) is 19.3. The number of carbonyl (C=O) groups is 1. The average Bonchev–Trinajstić information content (AvgIpc) is 3.11. The minimum absolute atomic E-state index is 0.117. The third-order valence-electron chi connectivity index (χ3n) is 5.01. The van der Waals surface area contributed by atoms with Crippen molar-refractivity contribution in [1.82, 2.24) is 29.3 Å². The normalized spacial score (nSPS) is 14.0. The Kier molecular flexibility index (Phi) is 4.11. The minimum Gasteiger partial charge on any atom is -0.394 e. The monoisotopic (exact) mass is 370 g/mol. The highest BCUT2D eigenvalue weighted by Gasteiger charge is 2.29. The molecule has 3 aromatic heterocycles. The molecule has 1 aliphatic rings. The summed E-state index contributed by atoms with van der Waals surface area (Å²) < 4.78 is 3.10. The van der Waals surface area contributed by atoms with Crippen molar-refractivity contribution in [1.29, 1.82) is 0 Å². The second-order valence-corrected chi connectivity index (χ2v) is 6.96. The number of rotatable bonds is 3. The van der Waals surface area contributed by atoms with Gasteiger partial charge < -0.3 is 10.0 Å². The van der Waals surface area contributed by atoms with E-state index in [1.165, 1.54) is 4.68 Å². The van der Waals surface area contributed by atoms with Crippen LogP contribution in [0.1, 0.15) is 38.7 Å². The average molecular weight is 370 g/mol. The van der Waals surface area contributed by atoms with Gasteiger partial charge in [0.05, 0.1) is 31.1 Å². The fourth-order valence-corrected chi connectivity index (χ4v) is 3.74. The number of carbonyl (C=O) groups excluding carboxylic acids is 1. The molecule has 3 aromatic rings. The van der Waals surface area contributed by atoms with Crippen LogP contribution < -0.4 is 5.56 Å². The van der Waals surface area contributed by atoms with E-state index >= 15 is 0 Å². The van der Waals surface area contributed by atoms with Crippen LogP contribution in [0.25, 0.3) is 5.65 Å². The second-order valence-electron chi connectivity index (χ2n) is 6.96. The van der Waals surface area contributed by atoms with E-state index in [9.17, 15) is 9.59 Å². The van der Waals surface area contributed by atoms with Crippen LogP contribution >= 0.6 is 0 Å². The summed E-state index contributed by atoms with van der Waals surface area (Å²) >= 11 is 0. The molecule has 0 aromatic carbocycles. The quantitative estimate of drug-likeness (QED) is 0.691. The van der Waals surface area contributed by atoms with Crippen LogP contribution in [0.2, 0.25) is 0 Å². The topological polar surface area (TPSA) is 109 Å². The maximum absolute atomic E-state index is 13.2. The van der Waals surface area contributed by atoms with E-state index in [4.69, 9.17) is 5.11 Å². The summed E-state index contributed by atoms with van der Waals surface area (Å²) in [6.45, 7) is 6.52. The zero-order valence-electron chi connectivity index (χ0n) is 15.6. The number of aryl methyl sites for hydroxylation is 3. The van der Waals surface area contributed by atoms with Gasteiger partial charge in [-0.2, -0.15) is 5.10 Å². The SMILES string of the molecule is Cc1cc(C)n2nc(C)c(C(=O)N3CCc4c([nH]n(CCO)c4=O)C3)c2n1. The number of nitrogens with one attached hydrogen (secondary N) is 1. The van der Waals surface area contributed by atoms with Gasteiger partial charge in [-0.1, -0.05) is 0 Å². The molecule has 4 rings (SSSR count). The zero-order valence-corrected chi connectivity index (χ0v) is 15.6. The van der Waals surface area contributed by atoms with E-state index in [1.54, 1.807) is 9.42 Å². The summed E-state index contributed by atoms with van der Waals surface area (Å²) in [5, 5.41) is 16.6. The van der Waals surface area contributed by atoms with E-state index in [-0.39, 0.29) is 24.6 Å². The number of aliphatic hydroxyl groups excluding tert-OH is 1. The van der Waals surface area contributed by atoms with Gasteiger partial charge in [0.2, 0.25) is 0 Å². The van der Waals surface area contributed by atoms with Crippen LogP contribution in [0.3, 0.4) is 0 Å². The number of nitrogens with zero attached hydrogens (tertiary/aromatic N) is 5. The summed E-state index contributed by atoms with van der Waals surface area (Å²) in [6, 6.07) is 1.93. The maximum Gasteiger partial charge on any atom is 0.270 e. The summed E-state index contributed by atoms with van der Waals surface area (Å²) in [5.41, 5.74) is 4.75. The van der Waals surface area contributed by atoms with Crippen molar-refractivity contribution in [2.24, 2.45) is 0 Å². The third-order valence-corrected chi connectivity index (χ3v) is 5.01. The Hall–Kier alpha value is -2.94. The molecule has 4 heterocycles. The van der Waals surface area contributed by atoms with Crippen LogP contribution in [0, 0.1) is 20.8 Å². The fraction of sp³-hybridized carbons (Fsp3) is 0.444. The summed E-state index contributed by atoms with van der Waals surface area (Å²) in [6.07, 6.45) is 0.485. The molecule has 0 saturated heterocycles. The lowest BCUT2D eigenvalue weighted by Crippen LogP contribution is -2.37. The summed E-state index contributed by atoms with van der Waals surface area (Å²) in [4.78, 5) is 31.8. The lowest BCUT2D eigenvalue weighted by Gasteiger charge is -2.26. The number of H-pyrrole nitrogens is 1. The first kappa shape index (κ1) is 17.5. The van der Waals surface area contributed by atoms with Crippen molar-refractivity contribution >= 4 is 11.6 Å². The lowest BCUT2D eigenvalue weighted by molar-refractivity contribution is 0.0733. The Morgan fingerprint density at radius 1 is 1.33 bits per heavy atom. The Labute approximate surface area is 155 Å². The standard InChI is InChI=1S/C18H22N6O3/c1-10-8-11(2)24-16(19-10)15(12(3)20-24)18(27)22-5-4-13-14(9-22)21-23(6-7-25)17(13)26/h8,21,25H,4-7,9H2,1-3H3. The number of aromatic nitrogens is 5. The largest absolute Gasteiger partial charge is 0.394 e. The van der Waals surface area contributed by atoms with Gasteiger partial charge in [0.25, 0.3) is 11.5 Å². The predicted molar refractivity (Wildman–Crippen MR) is 97.8 cm³/mol. The Morgan fingerprint density at radius 3 is 2.85 bits per heavy atom. The third kappa shape index (κ3) is 2.74. The van der Waals surface area contributed by atoms with Crippen LogP contribution in [-0.2, 0) is 19.5 Å². The molecular weight excluding hydrogens is 348 g/mol. The van der Waals surface area contributed by atoms with Gasteiger partial charge in [-0.15, -0.1) is 0 Å². The second kappa shape index (κ2) is 6.34. The Morgan fingerprint density at radius 2 is 2.11 bits per heavy atom. The van der Waals surface area contributed by atoms with Gasteiger partial charge in [0.15, 0.2) is 5.65 Å². The molecule has 2 N–H and O–H groups in total. The number of amides is 1. The highest BCUT2D eigenvalue weighted by molar-refractivity contribution is 6.01. The van der Waals surface area contributed by atoms with Crippen molar-refractivity contribution in [2.75, 3.05) is 13.2 Å². The van der Waals surface area contributed by atoms with Crippen molar-refractivity contribution in [3.63, 3.8) is 0 Å². The molecular formula is C18H22N6O3. The van der Waals surface area contributed by atoms with E-state index in [0.717, 1.165) is 17.1 Å². The fourth-order valence-electron chi connectivity index (χ4n) is 3.74. The van der Waals surface area contributed by atoms with E-state index < -0.39 is 0 Å². The van der Waals surface area contributed by atoms with Crippen molar-refractivity contribution in [3.05, 3.63) is 50.3 Å². The molecule has 0 fully saturated rings. The minimum atomic E-state index is -0.138. The van der Waals surface area contributed by atoms with Gasteiger partial charge in [0, 0.05) is 23.5 Å². The first-order chi connectivity index (χ1) is 12.9. The number of aliphatic hydroxyl groups is 1. The predicted octanol–water partition coefficient (Wildman–Crippen LogP) is 0.335. The van der Waals surface area contributed by atoms with Gasteiger partial charge >= 0.3 is 0 Å².